The van der Waals surface area contributed by atoms with E-state index in [9.17, 15) is 13.5 Å². The van der Waals surface area contributed by atoms with Gasteiger partial charge in [-0.2, -0.15) is 8.42 Å². The van der Waals surface area contributed by atoms with Gasteiger partial charge in [0, 0.05) is 6.61 Å². The number of rotatable bonds is 5. The van der Waals surface area contributed by atoms with Gasteiger partial charge in [0.1, 0.15) is 4.75 Å². The summed E-state index contributed by atoms with van der Waals surface area (Å²) in [5, 5.41) is 17.9. The fraction of sp³-hybridized carbons (Fsp3) is 1.00. The van der Waals surface area contributed by atoms with E-state index < -0.39 is 21.0 Å². The molecule has 0 aliphatic carbocycles. The summed E-state index contributed by atoms with van der Waals surface area (Å²) in [6.07, 6.45) is -0.724. The molecule has 0 aromatic heterocycles. The Balaban J connectivity index is -0.000000720. The van der Waals surface area contributed by atoms with Crippen molar-refractivity contribution in [2.24, 2.45) is 0 Å². The summed E-state index contributed by atoms with van der Waals surface area (Å²) in [6.45, 7) is 2.37. The van der Waals surface area contributed by atoms with Crippen molar-refractivity contribution in [3.8, 4) is 0 Å². The molecule has 5 nitrogen and oxygen atoms in total. The number of hydrogen-bond acceptors (Lipinski definition) is 4. The van der Waals surface area contributed by atoms with E-state index in [4.69, 9.17) is 9.66 Å². The maximum Gasteiger partial charge on any atom is 1.00 e. The zero-order valence-corrected chi connectivity index (χ0v) is 11.6. The van der Waals surface area contributed by atoms with E-state index in [0.29, 0.717) is 6.42 Å². The van der Waals surface area contributed by atoms with Crippen molar-refractivity contribution < 1.29 is 54.2 Å². The molecular formula is C7H17NaO5S. The fourth-order valence-corrected chi connectivity index (χ4v) is 1.27. The molecule has 0 amide bonds. The van der Waals surface area contributed by atoms with E-state index >= 15 is 0 Å². The summed E-state index contributed by atoms with van der Waals surface area (Å²) in [5.74, 6) is 0. The minimum Gasteiger partial charge on any atom is -1.00 e. The SMILES string of the molecule is CC(C)(C(O)CCCO)S(=O)(=O)O.[H-].[Na+]. The largest absolute Gasteiger partial charge is 1.00 e. The van der Waals surface area contributed by atoms with Gasteiger partial charge in [-0.1, -0.05) is 0 Å². The van der Waals surface area contributed by atoms with Crippen molar-refractivity contribution in [3.63, 3.8) is 0 Å². The van der Waals surface area contributed by atoms with Gasteiger partial charge in [0.2, 0.25) is 0 Å². The first-order valence-electron chi connectivity index (χ1n) is 3.99. The molecule has 1 atom stereocenters. The van der Waals surface area contributed by atoms with Gasteiger partial charge < -0.3 is 11.6 Å². The quantitative estimate of drug-likeness (QED) is 0.347. The Morgan fingerprint density at radius 1 is 1.43 bits per heavy atom. The van der Waals surface area contributed by atoms with Crippen LogP contribution in [-0.4, -0.2) is 40.6 Å². The second kappa shape index (κ2) is 6.42. The Morgan fingerprint density at radius 2 is 1.86 bits per heavy atom. The molecular weight excluding hydrogens is 219 g/mol. The molecule has 0 aromatic carbocycles. The van der Waals surface area contributed by atoms with Gasteiger partial charge in [0.15, 0.2) is 0 Å². The third-order valence-corrected chi connectivity index (χ3v) is 3.70. The summed E-state index contributed by atoms with van der Waals surface area (Å²) < 4.78 is 28.8. The molecule has 0 saturated heterocycles. The second-order valence-corrected chi connectivity index (χ2v) is 5.46. The summed E-state index contributed by atoms with van der Waals surface area (Å²) in [5.41, 5.74) is 0. The Bertz CT molecular complexity index is 254. The first-order chi connectivity index (χ1) is 5.73. The van der Waals surface area contributed by atoms with Crippen molar-refractivity contribution in [1.29, 1.82) is 0 Å². The van der Waals surface area contributed by atoms with Crippen LogP contribution in [0, 0.1) is 0 Å². The third kappa shape index (κ3) is 4.57. The molecule has 0 heterocycles. The predicted octanol–water partition coefficient (Wildman–Crippen LogP) is -3.10. The number of aliphatic hydroxyl groups excluding tert-OH is 2. The molecule has 0 bridgehead atoms. The first kappa shape index (κ1) is 17.2. The van der Waals surface area contributed by atoms with E-state index in [2.05, 4.69) is 0 Å². The molecule has 14 heavy (non-hydrogen) atoms. The molecule has 0 aliphatic rings. The average molecular weight is 236 g/mol. The zero-order valence-electron chi connectivity index (χ0n) is 9.77. The van der Waals surface area contributed by atoms with Crippen LogP contribution in [0.3, 0.4) is 0 Å². The molecule has 0 aliphatic heterocycles. The van der Waals surface area contributed by atoms with Gasteiger partial charge in [0.25, 0.3) is 10.1 Å². The molecule has 0 radical (unpaired) electrons. The van der Waals surface area contributed by atoms with Crippen LogP contribution in [0.25, 0.3) is 0 Å². The van der Waals surface area contributed by atoms with Gasteiger partial charge in [-0.05, 0) is 26.7 Å². The predicted molar refractivity (Wildman–Crippen MR) is 49.1 cm³/mol. The Labute approximate surface area is 108 Å². The van der Waals surface area contributed by atoms with Crippen LogP contribution in [0.1, 0.15) is 28.1 Å². The normalized spacial score (nSPS) is 14.6. The Morgan fingerprint density at radius 3 is 2.14 bits per heavy atom. The Hall–Kier alpha value is 0.830. The van der Waals surface area contributed by atoms with Gasteiger partial charge in [-0.25, -0.2) is 0 Å². The molecule has 3 N–H and O–H groups in total. The van der Waals surface area contributed by atoms with Crippen LogP contribution < -0.4 is 29.6 Å². The van der Waals surface area contributed by atoms with Crippen LogP contribution in [-0.2, 0) is 10.1 Å². The summed E-state index contributed by atoms with van der Waals surface area (Å²) in [4.78, 5) is 0. The average Bonchev–Trinajstić information content (AvgIpc) is 1.97. The summed E-state index contributed by atoms with van der Waals surface area (Å²) in [7, 11) is -4.26. The summed E-state index contributed by atoms with van der Waals surface area (Å²) in [6, 6.07) is 0. The van der Waals surface area contributed by atoms with Crippen molar-refractivity contribution in [1.82, 2.24) is 0 Å². The number of aliphatic hydroxyl groups is 2. The van der Waals surface area contributed by atoms with Crippen molar-refractivity contribution in [2.45, 2.75) is 37.5 Å². The molecule has 82 valence electrons. The minimum absolute atomic E-state index is 0. The van der Waals surface area contributed by atoms with E-state index in [0.717, 1.165) is 0 Å². The molecule has 0 fully saturated rings. The second-order valence-electron chi connectivity index (χ2n) is 3.46. The van der Waals surface area contributed by atoms with Crippen LogP contribution >= 0.6 is 0 Å². The summed E-state index contributed by atoms with van der Waals surface area (Å²) >= 11 is 0. The van der Waals surface area contributed by atoms with Gasteiger partial charge in [-0.15, -0.1) is 0 Å². The van der Waals surface area contributed by atoms with E-state index in [-0.39, 0.29) is 44.0 Å². The van der Waals surface area contributed by atoms with E-state index in [1.807, 2.05) is 0 Å². The molecule has 0 spiro atoms. The van der Waals surface area contributed by atoms with Gasteiger partial charge in [0.05, 0.1) is 6.10 Å². The smallest absolute Gasteiger partial charge is 1.00 e. The van der Waals surface area contributed by atoms with Gasteiger partial charge in [-0.3, -0.25) is 4.55 Å². The Kier molecular flexibility index (Phi) is 7.90. The van der Waals surface area contributed by atoms with Crippen molar-refractivity contribution >= 4 is 10.1 Å². The maximum atomic E-state index is 10.8. The van der Waals surface area contributed by atoms with Crippen LogP contribution in [0.15, 0.2) is 0 Å². The molecule has 0 saturated carbocycles. The first-order valence-corrected chi connectivity index (χ1v) is 5.43. The maximum absolute atomic E-state index is 10.8. The zero-order chi connectivity index (χ0) is 10.7. The van der Waals surface area contributed by atoms with E-state index in [1.54, 1.807) is 0 Å². The topological polar surface area (TPSA) is 94.8 Å². The minimum atomic E-state index is -4.26. The molecule has 7 heteroatoms. The van der Waals surface area contributed by atoms with Crippen LogP contribution in [0.5, 0.6) is 0 Å². The van der Waals surface area contributed by atoms with Crippen molar-refractivity contribution in [3.05, 3.63) is 0 Å². The van der Waals surface area contributed by atoms with Crippen molar-refractivity contribution in [2.75, 3.05) is 6.61 Å². The van der Waals surface area contributed by atoms with E-state index in [1.165, 1.54) is 13.8 Å². The monoisotopic (exact) mass is 236 g/mol. The van der Waals surface area contributed by atoms with Crippen LogP contribution in [0.2, 0.25) is 0 Å². The van der Waals surface area contributed by atoms with Crippen LogP contribution in [0.4, 0.5) is 0 Å². The number of hydrogen-bond donors (Lipinski definition) is 3. The van der Waals surface area contributed by atoms with Gasteiger partial charge >= 0.3 is 29.6 Å². The fourth-order valence-electron chi connectivity index (χ4n) is 0.804. The third-order valence-electron chi connectivity index (χ3n) is 2.10. The molecule has 0 rings (SSSR count). The molecule has 0 aromatic rings. The molecule has 1 unspecified atom stereocenters. The standard InChI is InChI=1S/C7H16O5S.Na.H/c1-7(2,13(10,11)12)6(9)4-3-5-8;;/h6,8-9H,3-5H2,1-2H3,(H,10,11,12);;/q;+1;-1.